The number of rotatable bonds is 6. The number of hydrogen-bond donors (Lipinski definition) is 1. The first-order chi connectivity index (χ1) is 10.1. The quantitative estimate of drug-likeness (QED) is 0.819. The Morgan fingerprint density at radius 1 is 1.24 bits per heavy atom. The first-order valence-corrected chi connectivity index (χ1v) is 8.23. The van der Waals surface area contributed by atoms with Crippen LogP contribution in [0.25, 0.3) is 0 Å². The van der Waals surface area contributed by atoms with E-state index in [1.165, 1.54) is 19.3 Å². The number of nitrogens with zero attached hydrogens (tertiary/aromatic N) is 1. The van der Waals surface area contributed by atoms with Gasteiger partial charge in [0.2, 0.25) is 0 Å². The fraction of sp³-hybridized carbons (Fsp3) is 0.588. The van der Waals surface area contributed by atoms with Crippen LogP contribution in [0.3, 0.4) is 0 Å². The van der Waals surface area contributed by atoms with Crippen LogP contribution in [-0.2, 0) is 6.42 Å². The summed E-state index contributed by atoms with van der Waals surface area (Å²) in [6.07, 6.45) is 4.61. The third-order valence-electron chi connectivity index (χ3n) is 4.30. The fourth-order valence-electron chi connectivity index (χ4n) is 3.09. The molecule has 0 aliphatic carbocycles. The topological polar surface area (TPSA) is 38.5 Å². The molecule has 3 nitrogen and oxygen atoms in total. The molecule has 2 rings (SSSR count). The summed E-state index contributed by atoms with van der Waals surface area (Å²) in [7, 11) is 0. The Labute approximate surface area is 133 Å². The van der Waals surface area contributed by atoms with Crippen LogP contribution in [0.5, 0.6) is 5.75 Å². The molecule has 21 heavy (non-hydrogen) atoms. The summed E-state index contributed by atoms with van der Waals surface area (Å²) in [4.78, 5) is 3.09. The van der Waals surface area contributed by atoms with Gasteiger partial charge in [-0.1, -0.05) is 30.8 Å². The van der Waals surface area contributed by atoms with Gasteiger partial charge < -0.3 is 10.5 Å². The number of likely N-dealkylation sites (tertiary alicyclic amines) is 1. The second kappa shape index (κ2) is 7.76. The zero-order valence-electron chi connectivity index (χ0n) is 13.0. The van der Waals surface area contributed by atoms with Crippen LogP contribution in [0.1, 0.15) is 38.7 Å². The summed E-state index contributed by atoms with van der Waals surface area (Å²) < 4.78 is 5.86. The zero-order chi connectivity index (χ0) is 15.2. The Kier molecular flexibility index (Phi) is 6.00. The predicted octanol–water partition coefficient (Wildman–Crippen LogP) is 3.16. The maximum Gasteiger partial charge on any atom is 0.119 e. The van der Waals surface area contributed by atoms with Gasteiger partial charge in [0.05, 0.1) is 4.99 Å². The minimum absolute atomic E-state index is 0.525. The number of thiocarbonyl (C=S) groups is 1. The van der Waals surface area contributed by atoms with Crippen LogP contribution >= 0.6 is 12.2 Å². The number of nitrogens with two attached hydrogens (primary N) is 1. The molecule has 2 N–H and O–H groups in total. The van der Waals surface area contributed by atoms with Crippen LogP contribution in [0.4, 0.5) is 0 Å². The van der Waals surface area contributed by atoms with E-state index in [-0.39, 0.29) is 0 Å². The van der Waals surface area contributed by atoms with Gasteiger partial charge in [-0.2, -0.15) is 0 Å². The Bertz CT molecular complexity index is 450. The highest BCUT2D eigenvalue weighted by Crippen LogP contribution is 2.22. The van der Waals surface area contributed by atoms with Crippen molar-refractivity contribution in [3.63, 3.8) is 0 Å². The Morgan fingerprint density at radius 3 is 2.43 bits per heavy atom. The fourth-order valence-corrected chi connectivity index (χ4v) is 3.26. The third-order valence-corrected chi connectivity index (χ3v) is 4.44. The van der Waals surface area contributed by atoms with Crippen molar-refractivity contribution in [3.8, 4) is 5.75 Å². The average Bonchev–Trinajstić information content (AvgIpc) is 2.43. The van der Waals surface area contributed by atoms with Crippen molar-refractivity contribution in [2.75, 3.05) is 13.2 Å². The molecule has 0 bridgehead atoms. The van der Waals surface area contributed by atoms with E-state index in [0.29, 0.717) is 23.5 Å². The molecule has 0 radical (unpaired) electrons. The van der Waals surface area contributed by atoms with Gasteiger partial charge in [-0.15, -0.1) is 0 Å². The highest BCUT2D eigenvalue weighted by molar-refractivity contribution is 7.80. The summed E-state index contributed by atoms with van der Waals surface area (Å²) in [6.45, 7) is 6.38. The van der Waals surface area contributed by atoms with Crippen LogP contribution in [0, 0.1) is 0 Å². The van der Waals surface area contributed by atoms with E-state index in [4.69, 9.17) is 22.7 Å². The van der Waals surface area contributed by atoms with Gasteiger partial charge in [-0.05, 0) is 44.4 Å². The minimum Gasteiger partial charge on any atom is -0.492 e. The van der Waals surface area contributed by atoms with Gasteiger partial charge in [0, 0.05) is 25.0 Å². The van der Waals surface area contributed by atoms with Crippen molar-refractivity contribution >= 4 is 17.2 Å². The lowest BCUT2D eigenvalue weighted by Crippen LogP contribution is -2.45. The van der Waals surface area contributed by atoms with Crippen molar-refractivity contribution in [2.45, 2.75) is 51.6 Å². The van der Waals surface area contributed by atoms with Crippen LogP contribution in [-0.4, -0.2) is 35.1 Å². The number of benzene rings is 1. The molecule has 0 saturated carbocycles. The van der Waals surface area contributed by atoms with Gasteiger partial charge in [-0.25, -0.2) is 0 Å². The molecular formula is C17H26N2OS. The number of piperidine rings is 1. The summed E-state index contributed by atoms with van der Waals surface area (Å²) >= 11 is 4.92. The first-order valence-electron chi connectivity index (χ1n) is 7.82. The van der Waals surface area contributed by atoms with E-state index in [2.05, 4.69) is 18.7 Å². The van der Waals surface area contributed by atoms with Crippen molar-refractivity contribution in [1.82, 2.24) is 4.90 Å². The van der Waals surface area contributed by atoms with E-state index < -0.39 is 0 Å². The molecule has 2 unspecified atom stereocenters. The molecule has 4 heteroatoms. The molecular weight excluding hydrogens is 280 g/mol. The number of hydrogen-bond acceptors (Lipinski definition) is 3. The molecule has 1 saturated heterocycles. The maximum atomic E-state index is 5.86. The summed E-state index contributed by atoms with van der Waals surface area (Å²) in [5.74, 6) is 0.916. The van der Waals surface area contributed by atoms with Crippen LogP contribution in [0.15, 0.2) is 24.3 Å². The largest absolute Gasteiger partial charge is 0.492 e. The standard InChI is InChI=1S/C17H26N2OS/c1-13-4-3-5-14(2)19(13)10-11-20-16-8-6-15(7-9-16)12-17(18)21/h6-9,13-14H,3-5,10-12H2,1-2H3,(H2,18,21). The third kappa shape index (κ3) is 4.97. The Morgan fingerprint density at radius 2 is 1.86 bits per heavy atom. The molecule has 116 valence electrons. The molecule has 0 spiro atoms. The molecule has 1 aliphatic rings. The molecule has 1 fully saturated rings. The van der Waals surface area contributed by atoms with E-state index in [9.17, 15) is 0 Å². The van der Waals surface area contributed by atoms with Gasteiger partial charge in [0.15, 0.2) is 0 Å². The summed E-state index contributed by atoms with van der Waals surface area (Å²) in [5, 5.41) is 0. The Balaban J connectivity index is 1.79. The van der Waals surface area contributed by atoms with E-state index in [1.54, 1.807) is 0 Å². The molecule has 1 heterocycles. The van der Waals surface area contributed by atoms with Crippen molar-refractivity contribution in [2.24, 2.45) is 5.73 Å². The first kappa shape index (κ1) is 16.2. The lowest BCUT2D eigenvalue weighted by molar-refractivity contribution is 0.0851. The maximum absolute atomic E-state index is 5.86. The minimum atomic E-state index is 0.525. The predicted molar refractivity (Wildman–Crippen MR) is 91.9 cm³/mol. The SMILES string of the molecule is CC1CCCC(C)N1CCOc1ccc(CC(N)=S)cc1. The Hall–Kier alpha value is -1.13. The molecule has 2 atom stereocenters. The van der Waals surface area contributed by atoms with Gasteiger partial charge in [-0.3, -0.25) is 4.90 Å². The van der Waals surface area contributed by atoms with Crippen LogP contribution in [0.2, 0.25) is 0 Å². The summed E-state index contributed by atoms with van der Waals surface area (Å²) in [6, 6.07) is 9.39. The molecule has 1 aliphatic heterocycles. The van der Waals surface area contributed by atoms with Crippen molar-refractivity contribution in [1.29, 1.82) is 0 Å². The zero-order valence-corrected chi connectivity index (χ0v) is 13.9. The summed E-state index contributed by atoms with van der Waals surface area (Å²) in [5.41, 5.74) is 6.68. The van der Waals surface area contributed by atoms with Gasteiger partial charge in [0.25, 0.3) is 0 Å². The second-order valence-corrected chi connectivity index (χ2v) is 6.53. The van der Waals surface area contributed by atoms with Gasteiger partial charge in [0.1, 0.15) is 12.4 Å². The number of ether oxygens (including phenoxy) is 1. The molecule has 1 aromatic carbocycles. The van der Waals surface area contributed by atoms with E-state index >= 15 is 0 Å². The smallest absolute Gasteiger partial charge is 0.119 e. The van der Waals surface area contributed by atoms with Gasteiger partial charge >= 0.3 is 0 Å². The normalized spacial score (nSPS) is 23.0. The van der Waals surface area contributed by atoms with Crippen molar-refractivity contribution < 1.29 is 4.74 Å². The average molecular weight is 306 g/mol. The second-order valence-electron chi connectivity index (χ2n) is 6.00. The van der Waals surface area contributed by atoms with Crippen LogP contribution < -0.4 is 10.5 Å². The van der Waals surface area contributed by atoms with Crippen molar-refractivity contribution in [3.05, 3.63) is 29.8 Å². The van der Waals surface area contributed by atoms with E-state index in [1.807, 2.05) is 24.3 Å². The highest BCUT2D eigenvalue weighted by Gasteiger charge is 2.23. The molecule has 0 amide bonds. The molecule has 1 aromatic rings. The van der Waals surface area contributed by atoms with E-state index in [0.717, 1.165) is 24.5 Å². The lowest BCUT2D eigenvalue weighted by Gasteiger charge is -2.38. The monoisotopic (exact) mass is 306 g/mol. The lowest BCUT2D eigenvalue weighted by atomic mass is 9.98. The highest BCUT2D eigenvalue weighted by atomic mass is 32.1. The molecule has 0 aromatic heterocycles.